The van der Waals surface area contributed by atoms with Crippen molar-refractivity contribution in [2.75, 3.05) is 19.8 Å². The van der Waals surface area contributed by atoms with E-state index >= 15 is 0 Å². The third-order valence-electron chi connectivity index (χ3n) is 2.92. The lowest BCUT2D eigenvalue weighted by Crippen LogP contribution is -2.42. The largest absolute Gasteiger partial charge is 0.481 e. The number of carbonyl (C=O) groups is 2. The summed E-state index contributed by atoms with van der Waals surface area (Å²) in [6, 6.07) is 0. The molecule has 2 unspecified atom stereocenters. The molecule has 2 aliphatic rings. The number of ketones is 1. The van der Waals surface area contributed by atoms with Gasteiger partial charge >= 0.3 is 5.97 Å². The van der Waals surface area contributed by atoms with Gasteiger partial charge in [0.1, 0.15) is 12.6 Å². The number of ether oxygens (including phenoxy) is 1. The molecule has 0 radical (unpaired) electrons. The van der Waals surface area contributed by atoms with Gasteiger partial charge in [0.2, 0.25) is 0 Å². The summed E-state index contributed by atoms with van der Waals surface area (Å²) >= 11 is 0. The summed E-state index contributed by atoms with van der Waals surface area (Å²) < 4.78 is 17.8. The van der Waals surface area contributed by atoms with Crippen molar-refractivity contribution in [3.05, 3.63) is 0 Å². The first kappa shape index (κ1) is 11.5. The minimum atomic E-state index is -1.13. The molecule has 0 aromatic heterocycles. The molecular weight excluding hydrogens is 217 g/mol. The van der Waals surface area contributed by atoms with Crippen molar-refractivity contribution in [3.8, 4) is 0 Å². The molecule has 5 nitrogen and oxygen atoms in total. The number of carboxylic acids is 1. The van der Waals surface area contributed by atoms with E-state index in [2.05, 4.69) is 0 Å². The summed E-state index contributed by atoms with van der Waals surface area (Å²) in [5, 5.41) is 8.46. The lowest BCUT2D eigenvalue weighted by atomic mass is 9.99. The summed E-state index contributed by atoms with van der Waals surface area (Å²) in [6.07, 6.45) is 0.159. The Morgan fingerprint density at radius 2 is 2.25 bits per heavy atom. The number of hydrogen-bond acceptors (Lipinski definition) is 4. The van der Waals surface area contributed by atoms with E-state index in [0.717, 1.165) is 0 Å². The van der Waals surface area contributed by atoms with Gasteiger partial charge in [0, 0.05) is 12.5 Å². The Morgan fingerprint density at radius 1 is 1.50 bits per heavy atom. The molecule has 2 heterocycles. The molecule has 2 saturated heterocycles. The van der Waals surface area contributed by atoms with Crippen LogP contribution in [0.25, 0.3) is 0 Å². The Labute approximate surface area is 92.2 Å². The number of carboxylic acid groups (broad SMARTS) is 1. The predicted molar refractivity (Wildman–Crippen MR) is 51.6 cm³/mol. The zero-order valence-corrected chi connectivity index (χ0v) is 8.76. The molecule has 2 rings (SSSR count). The molecule has 0 aromatic rings. The second kappa shape index (κ2) is 4.47. The van der Waals surface area contributed by atoms with Crippen molar-refractivity contribution in [1.29, 1.82) is 0 Å². The molecule has 2 aliphatic heterocycles. The fourth-order valence-electron chi connectivity index (χ4n) is 2.18. The van der Waals surface area contributed by atoms with Crippen LogP contribution in [0.2, 0.25) is 0 Å². The second-order valence-electron chi connectivity index (χ2n) is 4.36. The van der Waals surface area contributed by atoms with E-state index in [0.29, 0.717) is 13.0 Å². The van der Waals surface area contributed by atoms with Gasteiger partial charge in [-0.1, -0.05) is 0 Å². The summed E-state index contributed by atoms with van der Waals surface area (Å²) in [6.45, 7) is 0.100. The standard InChI is InChI=1S/C10H14FNO4/c11-3-6-1-8-10(16-8)12(4-6)5-7(13)2-9(14)15/h6,8,10H,1-5H2,(H,14,15)/t6-,8?,10?/m1/s1. The number of epoxide rings is 1. The first-order valence-corrected chi connectivity index (χ1v) is 5.29. The SMILES string of the molecule is O=C(O)CC(=O)CN1C[C@@H](CF)CC2OC21. The Balaban J connectivity index is 1.84. The molecule has 0 aromatic carbocycles. The predicted octanol–water partition coefficient (Wildman–Crippen LogP) is 0.0465. The molecular formula is C10H14FNO4. The zero-order valence-electron chi connectivity index (χ0n) is 8.76. The van der Waals surface area contributed by atoms with Gasteiger partial charge in [0.05, 0.1) is 19.3 Å². The van der Waals surface area contributed by atoms with Crippen LogP contribution in [-0.2, 0) is 14.3 Å². The minimum Gasteiger partial charge on any atom is -0.481 e. The van der Waals surface area contributed by atoms with E-state index in [-0.39, 0.29) is 30.6 Å². The van der Waals surface area contributed by atoms with Crippen LogP contribution in [0, 0.1) is 5.92 Å². The third kappa shape index (κ3) is 2.56. The van der Waals surface area contributed by atoms with Gasteiger partial charge in [-0.15, -0.1) is 0 Å². The molecule has 16 heavy (non-hydrogen) atoms. The van der Waals surface area contributed by atoms with Crippen LogP contribution in [0.4, 0.5) is 4.39 Å². The van der Waals surface area contributed by atoms with Crippen molar-refractivity contribution in [1.82, 2.24) is 4.90 Å². The van der Waals surface area contributed by atoms with Crippen LogP contribution in [0.15, 0.2) is 0 Å². The Morgan fingerprint density at radius 3 is 2.88 bits per heavy atom. The van der Waals surface area contributed by atoms with Crippen LogP contribution >= 0.6 is 0 Å². The first-order valence-electron chi connectivity index (χ1n) is 5.29. The molecule has 90 valence electrons. The molecule has 6 heteroatoms. The number of alkyl halides is 1. The highest BCUT2D eigenvalue weighted by molar-refractivity contribution is 5.95. The van der Waals surface area contributed by atoms with E-state index in [1.54, 1.807) is 4.90 Å². The highest BCUT2D eigenvalue weighted by Gasteiger charge is 2.49. The maximum atomic E-state index is 12.5. The molecule has 1 N–H and O–H groups in total. The second-order valence-corrected chi connectivity index (χ2v) is 4.36. The molecule has 2 fully saturated rings. The van der Waals surface area contributed by atoms with Gasteiger partial charge < -0.3 is 9.84 Å². The van der Waals surface area contributed by atoms with Crippen LogP contribution < -0.4 is 0 Å². The van der Waals surface area contributed by atoms with Crippen molar-refractivity contribution in [3.63, 3.8) is 0 Å². The third-order valence-corrected chi connectivity index (χ3v) is 2.92. The van der Waals surface area contributed by atoms with E-state index in [1.807, 2.05) is 0 Å². The summed E-state index contributed by atoms with van der Waals surface area (Å²) in [7, 11) is 0. The quantitative estimate of drug-likeness (QED) is 0.534. The zero-order chi connectivity index (χ0) is 11.7. The number of piperidine rings is 1. The number of Topliss-reactive ketones (excluding diaryl/α,β-unsaturated/α-hetero) is 1. The maximum absolute atomic E-state index is 12.5. The normalized spacial score (nSPS) is 33.2. The Hall–Kier alpha value is -1.01. The summed E-state index contributed by atoms with van der Waals surface area (Å²) in [5.74, 6) is -1.58. The van der Waals surface area contributed by atoms with Crippen LogP contribution in [0.3, 0.4) is 0 Å². The maximum Gasteiger partial charge on any atom is 0.310 e. The average Bonchev–Trinajstić information content (AvgIpc) is 2.95. The van der Waals surface area contributed by atoms with Gasteiger partial charge in [0.25, 0.3) is 0 Å². The number of nitrogens with zero attached hydrogens (tertiary/aromatic N) is 1. The van der Waals surface area contributed by atoms with E-state index in [1.165, 1.54) is 0 Å². The van der Waals surface area contributed by atoms with E-state index in [9.17, 15) is 14.0 Å². The number of rotatable bonds is 5. The fraction of sp³-hybridized carbons (Fsp3) is 0.800. The lowest BCUT2D eigenvalue weighted by Gasteiger charge is -2.27. The molecule has 3 atom stereocenters. The monoisotopic (exact) mass is 231 g/mol. The van der Waals surface area contributed by atoms with Crippen molar-refractivity contribution >= 4 is 11.8 Å². The van der Waals surface area contributed by atoms with Gasteiger partial charge in [-0.05, 0) is 6.42 Å². The Bertz CT molecular complexity index is 309. The number of carbonyl (C=O) groups excluding carboxylic acids is 1. The van der Waals surface area contributed by atoms with Gasteiger partial charge in [-0.25, -0.2) is 0 Å². The Kier molecular flexibility index (Phi) is 3.20. The number of fused-ring (bicyclic) bond motifs is 1. The van der Waals surface area contributed by atoms with Crippen molar-refractivity contribution in [2.45, 2.75) is 25.2 Å². The molecule has 0 bridgehead atoms. The average molecular weight is 231 g/mol. The van der Waals surface area contributed by atoms with Crippen LogP contribution in [0.5, 0.6) is 0 Å². The first-order chi connectivity index (χ1) is 7.60. The van der Waals surface area contributed by atoms with E-state index in [4.69, 9.17) is 9.84 Å². The number of halogens is 1. The smallest absolute Gasteiger partial charge is 0.310 e. The number of hydrogen-bond donors (Lipinski definition) is 1. The van der Waals surface area contributed by atoms with Crippen molar-refractivity contribution in [2.24, 2.45) is 5.92 Å². The highest BCUT2D eigenvalue weighted by atomic mass is 19.1. The van der Waals surface area contributed by atoms with Crippen LogP contribution in [-0.4, -0.2) is 53.9 Å². The summed E-state index contributed by atoms with van der Waals surface area (Å²) in [4.78, 5) is 23.4. The summed E-state index contributed by atoms with van der Waals surface area (Å²) in [5.41, 5.74) is 0. The molecule has 0 saturated carbocycles. The molecule has 0 aliphatic carbocycles. The minimum absolute atomic E-state index is 0.0344. The van der Waals surface area contributed by atoms with Gasteiger partial charge in [-0.2, -0.15) is 0 Å². The topological polar surface area (TPSA) is 70.1 Å². The van der Waals surface area contributed by atoms with E-state index < -0.39 is 19.1 Å². The van der Waals surface area contributed by atoms with Crippen LogP contribution in [0.1, 0.15) is 12.8 Å². The molecule has 0 spiro atoms. The van der Waals surface area contributed by atoms with Gasteiger partial charge in [-0.3, -0.25) is 18.9 Å². The highest BCUT2D eigenvalue weighted by Crippen LogP contribution is 2.37. The van der Waals surface area contributed by atoms with Gasteiger partial charge in [0.15, 0.2) is 5.78 Å². The van der Waals surface area contributed by atoms with Crippen molar-refractivity contribution < 1.29 is 23.8 Å². The lowest BCUT2D eigenvalue weighted by molar-refractivity contribution is -0.140. The number of likely N-dealkylation sites (tertiary alicyclic amines) is 1. The molecule has 0 amide bonds. The number of aliphatic carboxylic acids is 1. The fourth-order valence-corrected chi connectivity index (χ4v) is 2.18.